The van der Waals surface area contributed by atoms with Crippen LogP contribution in [0.25, 0.3) is 21.8 Å². The minimum absolute atomic E-state index is 0.0331. The molecular formula is C21H21FN2O. The van der Waals surface area contributed by atoms with Gasteiger partial charge >= 0.3 is 0 Å². The Hall–Kier alpha value is -2.33. The van der Waals surface area contributed by atoms with Crippen LogP contribution in [0.2, 0.25) is 0 Å². The molecule has 4 heteroatoms. The molecule has 0 aliphatic carbocycles. The lowest BCUT2D eigenvalue weighted by Crippen LogP contribution is -2.43. The molecule has 0 saturated carbocycles. The number of benzene rings is 2. The van der Waals surface area contributed by atoms with Crippen LogP contribution in [0.5, 0.6) is 5.75 Å². The Morgan fingerprint density at radius 2 is 1.88 bits per heavy atom. The van der Waals surface area contributed by atoms with Gasteiger partial charge in [-0.2, -0.15) is 0 Å². The van der Waals surface area contributed by atoms with Crippen molar-refractivity contribution in [3.8, 4) is 5.75 Å². The van der Waals surface area contributed by atoms with Crippen LogP contribution in [-0.4, -0.2) is 36.1 Å². The van der Waals surface area contributed by atoms with Gasteiger partial charge in [0.1, 0.15) is 18.2 Å². The Balaban J connectivity index is 1.38. The summed E-state index contributed by atoms with van der Waals surface area (Å²) in [6, 6.07) is 14.2. The zero-order chi connectivity index (χ0) is 16.8. The second-order valence-corrected chi connectivity index (χ2v) is 7.15. The Morgan fingerprint density at radius 3 is 2.68 bits per heavy atom. The van der Waals surface area contributed by atoms with Crippen molar-refractivity contribution < 1.29 is 9.13 Å². The number of hydrogen-bond donors (Lipinski definition) is 1. The molecule has 0 spiro atoms. The predicted molar refractivity (Wildman–Crippen MR) is 98.6 cm³/mol. The second-order valence-electron chi connectivity index (χ2n) is 7.15. The van der Waals surface area contributed by atoms with Gasteiger partial charge in [-0.1, -0.05) is 18.2 Å². The van der Waals surface area contributed by atoms with Gasteiger partial charge in [-0.15, -0.1) is 0 Å². The topological polar surface area (TPSA) is 28.3 Å². The zero-order valence-electron chi connectivity index (χ0n) is 14.1. The molecular weight excluding hydrogens is 315 g/mol. The van der Waals surface area contributed by atoms with E-state index >= 15 is 0 Å². The van der Waals surface area contributed by atoms with E-state index in [1.807, 2.05) is 30.3 Å². The molecule has 3 nitrogen and oxygen atoms in total. The van der Waals surface area contributed by atoms with E-state index < -0.39 is 0 Å². The highest BCUT2D eigenvalue weighted by Crippen LogP contribution is 2.34. The summed E-state index contributed by atoms with van der Waals surface area (Å²) in [6.07, 6.45) is 2.17. The van der Waals surface area contributed by atoms with Crippen molar-refractivity contribution in [3.63, 3.8) is 0 Å². The third-order valence-corrected chi connectivity index (χ3v) is 5.67. The van der Waals surface area contributed by atoms with Crippen LogP contribution in [0.4, 0.5) is 4.39 Å². The number of H-pyrrole nitrogens is 1. The standard InChI is InChI=1S/C21H21FN2O/c22-19(18-12-24-9-7-14(18)8-10-24)13-25-15-5-6-17-16-3-1-2-4-20(16)23-21(17)11-15/h1-6,11,14,23H,7-10,12-13H2/b19-18+. The Labute approximate surface area is 146 Å². The Kier molecular flexibility index (Phi) is 3.52. The quantitative estimate of drug-likeness (QED) is 0.754. The highest BCUT2D eigenvalue weighted by Gasteiger charge is 2.31. The number of para-hydroxylation sites is 1. The predicted octanol–water partition coefficient (Wildman–Crippen LogP) is 4.65. The van der Waals surface area contributed by atoms with Gasteiger partial charge in [0.05, 0.1) is 5.52 Å². The van der Waals surface area contributed by atoms with Gasteiger partial charge in [-0.3, -0.25) is 4.90 Å². The van der Waals surface area contributed by atoms with Gasteiger partial charge in [0, 0.05) is 28.9 Å². The Bertz CT molecular complexity index is 966. The summed E-state index contributed by atoms with van der Waals surface area (Å²) in [7, 11) is 0. The smallest absolute Gasteiger partial charge is 0.140 e. The van der Waals surface area contributed by atoms with Crippen LogP contribution >= 0.6 is 0 Å². The van der Waals surface area contributed by atoms with Gasteiger partial charge in [-0.05, 0) is 55.6 Å². The van der Waals surface area contributed by atoms with Crippen LogP contribution in [0.1, 0.15) is 12.8 Å². The van der Waals surface area contributed by atoms with Crippen molar-refractivity contribution in [2.75, 3.05) is 26.2 Å². The zero-order valence-corrected chi connectivity index (χ0v) is 14.1. The maximum atomic E-state index is 14.6. The number of rotatable bonds is 3. The SMILES string of the molecule is F/C(COc1ccc2c(c1)[nH]c1ccccc12)=C1\CN2CCC1CC2. The Morgan fingerprint density at radius 1 is 1.08 bits per heavy atom. The van der Waals surface area contributed by atoms with Crippen molar-refractivity contribution in [1.82, 2.24) is 9.88 Å². The maximum Gasteiger partial charge on any atom is 0.140 e. The van der Waals surface area contributed by atoms with Crippen LogP contribution < -0.4 is 4.74 Å². The summed E-state index contributed by atoms with van der Waals surface area (Å²) in [5.41, 5.74) is 3.09. The molecule has 0 amide bonds. The molecule has 128 valence electrons. The summed E-state index contributed by atoms with van der Waals surface area (Å²) in [6.45, 7) is 3.03. The fourth-order valence-electron chi connectivity index (χ4n) is 4.28. The molecule has 3 fully saturated rings. The van der Waals surface area contributed by atoms with E-state index in [1.165, 1.54) is 10.8 Å². The molecule has 0 atom stereocenters. The first kappa shape index (κ1) is 15.0. The molecule has 6 rings (SSSR count). The van der Waals surface area contributed by atoms with E-state index in [-0.39, 0.29) is 12.4 Å². The van der Waals surface area contributed by atoms with Crippen molar-refractivity contribution in [2.24, 2.45) is 5.92 Å². The van der Waals surface area contributed by atoms with E-state index in [9.17, 15) is 4.39 Å². The van der Waals surface area contributed by atoms with Crippen molar-refractivity contribution >= 4 is 21.8 Å². The number of aromatic amines is 1. The van der Waals surface area contributed by atoms with E-state index in [4.69, 9.17) is 4.74 Å². The number of halogens is 1. The molecule has 3 saturated heterocycles. The normalized spacial score (nSPS) is 24.8. The molecule has 2 bridgehead atoms. The molecule has 25 heavy (non-hydrogen) atoms. The monoisotopic (exact) mass is 336 g/mol. The summed E-state index contributed by atoms with van der Waals surface area (Å²) in [5, 5.41) is 2.36. The highest BCUT2D eigenvalue weighted by atomic mass is 19.1. The highest BCUT2D eigenvalue weighted by molar-refractivity contribution is 6.07. The lowest BCUT2D eigenvalue weighted by Gasteiger charge is -2.41. The number of aromatic nitrogens is 1. The molecule has 0 radical (unpaired) electrons. The maximum absolute atomic E-state index is 14.6. The lowest BCUT2D eigenvalue weighted by molar-refractivity contribution is 0.154. The summed E-state index contributed by atoms with van der Waals surface area (Å²) < 4.78 is 20.4. The minimum Gasteiger partial charge on any atom is -0.486 e. The summed E-state index contributed by atoms with van der Waals surface area (Å²) in [5.74, 6) is 1.05. The van der Waals surface area contributed by atoms with Gasteiger partial charge < -0.3 is 9.72 Å². The van der Waals surface area contributed by atoms with E-state index in [0.29, 0.717) is 11.7 Å². The molecule has 3 aliphatic rings. The van der Waals surface area contributed by atoms with Gasteiger partial charge in [0.2, 0.25) is 0 Å². The number of fused-ring (bicyclic) bond motifs is 6. The van der Waals surface area contributed by atoms with Crippen molar-refractivity contribution in [1.29, 1.82) is 0 Å². The summed E-state index contributed by atoms with van der Waals surface area (Å²) >= 11 is 0. The fourth-order valence-corrected chi connectivity index (χ4v) is 4.28. The summed E-state index contributed by atoms with van der Waals surface area (Å²) in [4.78, 5) is 5.74. The first-order valence-electron chi connectivity index (χ1n) is 9.01. The number of nitrogens with one attached hydrogen (secondary N) is 1. The van der Waals surface area contributed by atoms with E-state index in [1.54, 1.807) is 0 Å². The number of ether oxygens (including phenoxy) is 1. The molecule has 2 aromatic carbocycles. The van der Waals surface area contributed by atoms with Crippen molar-refractivity contribution in [3.05, 3.63) is 53.9 Å². The number of hydrogen-bond acceptors (Lipinski definition) is 2. The van der Waals surface area contributed by atoms with E-state index in [2.05, 4.69) is 22.0 Å². The number of nitrogens with zero attached hydrogens (tertiary/aromatic N) is 1. The minimum atomic E-state index is -0.0776. The largest absolute Gasteiger partial charge is 0.486 e. The van der Waals surface area contributed by atoms with Gasteiger partial charge in [-0.25, -0.2) is 4.39 Å². The first-order chi connectivity index (χ1) is 12.3. The molecule has 1 aromatic heterocycles. The van der Waals surface area contributed by atoms with Crippen LogP contribution in [0.3, 0.4) is 0 Å². The third kappa shape index (κ3) is 2.61. The van der Waals surface area contributed by atoms with Gasteiger partial charge in [0.25, 0.3) is 0 Å². The molecule has 4 heterocycles. The molecule has 1 N–H and O–H groups in total. The van der Waals surface area contributed by atoms with Crippen molar-refractivity contribution in [2.45, 2.75) is 12.8 Å². The van der Waals surface area contributed by atoms with Gasteiger partial charge in [0.15, 0.2) is 0 Å². The van der Waals surface area contributed by atoms with E-state index in [0.717, 1.165) is 49.1 Å². The second kappa shape index (κ2) is 5.88. The lowest BCUT2D eigenvalue weighted by atomic mass is 9.83. The fraction of sp³-hybridized carbons (Fsp3) is 0.333. The third-order valence-electron chi connectivity index (χ3n) is 5.67. The average molecular weight is 336 g/mol. The average Bonchev–Trinajstić information content (AvgIpc) is 3.04. The molecule has 3 aliphatic heterocycles. The van der Waals surface area contributed by atoms with Crippen LogP contribution in [0, 0.1) is 5.92 Å². The molecule has 0 unspecified atom stereocenters. The number of piperidine rings is 3. The molecule has 3 aromatic rings. The van der Waals surface area contributed by atoms with Crippen LogP contribution in [-0.2, 0) is 0 Å². The first-order valence-corrected chi connectivity index (χ1v) is 9.01. The van der Waals surface area contributed by atoms with Crippen LogP contribution in [0.15, 0.2) is 53.9 Å².